The Labute approximate surface area is 125 Å². The summed E-state index contributed by atoms with van der Waals surface area (Å²) < 4.78 is 11.0. The molecule has 2 N–H and O–H groups in total. The first-order valence-electron chi connectivity index (χ1n) is 7.67. The maximum absolute atomic E-state index is 12.4. The highest BCUT2D eigenvalue weighted by Gasteiger charge is 2.28. The van der Waals surface area contributed by atoms with E-state index >= 15 is 0 Å². The fraction of sp³-hybridized carbons (Fsp3) is 0.733. The number of oxazole rings is 1. The third-order valence-corrected chi connectivity index (χ3v) is 3.63. The average molecular weight is 295 g/mol. The predicted molar refractivity (Wildman–Crippen MR) is 78.9 cm³/mol. The molecule has 21 heavy (non-hydrogen) atoms. The quantitative estimate of drug-likeness (QED) is 0.899. The summed E-state index contributed by atoms with van der Waals surface area (Å²) in [6.07, 6.45) is 4.39. The van der Waals surface area contributed by atoms with E-state index in [4.69, 9.17) is 14.9 Å². The van der Waals surface area contributed by atoms with Crippen molar-refractivity contribution in [3.05, 3.63) is 17.8 Å². The number of carbonyl (C=O) groups excluding carboxylic acids is 1. The van der Waals surface area contributed by atoms with Gasteiger partial charge < -0.3 is 19.8 Å². The number of unbranched alkanes of at least 4 members (excludes halogenated alkanes) is 1. The molecule has 6 nitrogen and oxygen atoms in total. The van der Waals surface area contributed by atoms with Crippen LogP contribution >= 0.6 is 0 Å². The zero-order valence-corrected chi connectivity index (χ0v) is 13.0. The van der Waals surface area contributed by atoms with Gasteiger partial charge in [0.15, 0.2) is 5.69 Å². The van der Waals surface area contributed by atoms with Crippen molar-refractivity contribution >= 4 is 5.91 Å². The van der Waals surface area contributed by atoms with E-state index in [0.717, 1.165) is 19.3 Å². The van der Waals surface area contributed by atoms with Gasteiger partial charge in [0, 0.05) is 13.1 Å². The lowest BCUT2D eigenvalue weighted by Gasteiger charge is -2.34. The van der Waals surface area contributed by atoms with Crippen LogP contribution in [0.15, 0.2) is 10.7 Å². The maximum atomic E-state index is 12.4. The number of rotatable bonds is 5. The molecule has 6 heteroatoms. The van der Waals surface area contributed by atoms with Crippen LogP contribution < -0.4 is 5.73 Å². The van der Waals surface area contributed by atoms with E-state index in [9.17, 15) is 4.79 Å². The van der Waals surface area contributed by atoms with E-state index in [1.165, 1.54) is 6.26 Å². The first-order valence-corrected chi connectivity index (χ1v) is 7.67. The Hall–Kier alpha value is -1.40. The topological polar surface area (TPSA) is 81.6 Å². The standard InChI is InChI=1S/C15H25N3O3/c1-4-5-6-12(16)14-17-13(9-20-14)15(19)18-7-10(2)21-11(3)8-18/h9-12H,4-8,16H2,1-3H3. The van der Waals surface area contributed by atoms with Gasteiger partial charge in [-0.05, 0) is 20.3 Å². The molecule has 118 valence electrons. The third-order valence-electron chi connectivity index (χ3n) is 3.63. The molecule has 2 heterocycles. The summed E-state index contributed by atoms with van der Waals surface area (Å²) in [5.41, 5.74) is 6.35. The first-order chi connectivity index (χ1) is 10.0. The van der Waals surface area contributed by atoms with E-state index in [2.05, 4.69) is 11.9 Å². The van der Waals surface area contributed by atoms with Crippen LogP contribution in [0.3, 0.4) is 0 Å². The molecule has 1 aliphatic heterocycles. The second kappa shape index (κ2) is 7.04. The number of carbonyl (C=O) groups is 1. The minimum atomic E-state index is -0.242. The molecule has 0 bridgehead atoms. The van der Waals surface area contributed by atoms with Crippen LogP contribution in [-0.2, 0) is 4.74 Å². The number of hydrogen-bond acceptors (Lipinski definition) is 5. The molecule has 1 aromatic heterocycles. The van der Waals surface area contributed by atoms with E-state index in [1.807, 2.05) is 13.8 Å². The summed E-state index contributed by atoms with van der Waals surface area (Å²) in [7, 11) is 0. The van der Waals surface area contributed by atoms with Crippen LogP contribution in [0.2, 0.25) is 0 Å². The number of morpholine rings is 1. The molecule has 0 radical (unpaired) electrons. The van der Waals surface area contributed by atoms with Crippen LogP contribution in [0.25, 0.3) is 0 Å². The highest BCUT2D eigenvalue weighted by Crippen LogP contribution is 2.18. The van der Waals surface area contributed by atoms with Gasteiger partial charge in [0.05, 0.1) is 18.2 Å². The summed E-state index contributed by atoms with van der Waals surface area (Å²) in [5.74, 6) is 0.329. The molecule has 0 aromatic carbocycles. The van der Waals surface area contributed by atoms with Crippen LogP contribution in [-0.4, -0.2) is 41.1 Å². The first kappa shape index (κ1) is 16.0. The fourth-order valence-electron chi connectivity index (χ4n) is 2.61. The number of aromatic nitrogens is 1. The number of nitrogens with two attached hydrogens (primary N) is 1. The molecular formula is C15H25N3O3. The highest BCUT2D eigenvalue weighted by atomic mass is 16.5. The Morgan fingerprint density at radius 3 is 2.76 bits per heavy atom. The van der Waals surface area contributed by atoms with Gasteiger partial charge in [-0.25, -0.2) is 4.98 Å². The molecular weight excluding hydrogens is 270 g/mol. The van der Waals surface area contributed by atoms with Crippen molar-refractivity contribution in [1.82, 2.24) is 9.88 Å². The van der Waals surface area contributed by atoms with Crippen molar-refractivity contribution in [3.8, 4) is 0 Å². The van der Waals surface area contributed by atoms with Crippen LogP contribution in [0, 0.1) is 0 Å². The SMILES string of the molecule is CCCCC(N)c1nc(C(=O)N2CC(C)OC(C)C2)co1. The Balaban J connectivity index is 2.01. The van der Waals surface area contributed by atoms with Gasteiger partial charge in [-0.3, -0.25) is 4.79 Å². The number of amides is 1. The number of nitrogens with zero attached hydrogens (tertiary/aromatic N) is 2. The van der Waals surface area contributed by atoms with Crippen molar-refractivity contribution in [2.45, 2.75) is 58.3 Å². The van der Waals surface area contributed by atoms with Crippen LogP contribution in [0.1, 0.15) is 62.5 Å². The zero-order chi connectivity index (χ0) is 15.4. The van der Waals surface area contributed by atoms with E-state index in [0.29, 0.717) is 24.7 Å². The Morgan fingerprint density at radius 1 is 1.48 bits per heavy atom. The summed E-state index contributed by atoms with van der Waals surface area (Å²) >= 11 is 0. The molecule has 2 rings (SSSR count). The van der Waals surface area contributed by atoms with Crippen LogP contribution in [0.4, 0.5) is 0 Å². The zero-order valence-electron chi connectivity index (χ0n) is 13.0. The van der Waals surface area contributed by atoms with E-state index < -0.39 is 0 Å². The lowest BCUT2D eigenvalue weighted by Crippen LogP contribution is -2.48. The van der Waals surface area contributed by atoms with Gasteiger partial charge in [0.1, 0.15) is 6.26 Å². The summed E-state index contributed by atoms with van der Waals surface area (Å²) in [6.45, 7) is 7.19. The molecule has 1 aliphatic rings. The average Bonchev–Trinajstić information content (AvgIpc) is 2.92. The van der Waals surface area contributed by atoms with Crippen molar-refractivity contribution < 1.29 is 13.9 Å². The Kier molecular flexibility index (Phi) is 5.36. The van der Waals surface area contributed by atoms with Crippen molar-refractivity contribution in [1.29, 1.82) is 0 Å². The molecule has 0 aliphatic carbocycles. The largest absolute Gasteiger partial charge is 0.446 e. The lowest BCUT2D eigenvalue weighted by atomic mass is 10.1. The molecule has 1 fully saturated rings. The second-order valence-electron chi connectivity index (χ2n) is 5.79. The fourth-order valence-corrected chi connectivity index (χ4v) is 2.61. The smallest absolute Gasteiger partial charge is 0.275 e. The maximum Gasteiger partial charge on any atom is 0.275 e. The molecule has 0 spiro atoms. The molecule has 1 amide bonds. The van der Waals surface area contributed by atoms with Gasteiger partial charge >= 0.3 is 0 Å². The number of hydrogen-bond donors (Lipinski definition) is 1. The van der Waals surface area contributed by atoms with Crippen molar-refractivity contribution in [3.63, 3.8) is 0 Å². The van der Waals surface area contributed by atoms with Gasteiger partial charge in [0.2, 0.25) is 5.89 Å². The molecule has 0 saturated carbocycles. The molecule has 1 saturated heterocycles. The van der Waals surface area contributed by atoms with Gasteiger partial charge in [0.25, 0.3) is 5.91 Å². The monoisotopic (exact) mass is 295 g/mol. The molecule has 3 unspecified atom stereocenters. The molecule has 1 aromatic rings. The van der Waals surface area contributed by atoms with Gasteiger partial charge in [-0.2, -0.15) is 0 Å². The summed E-state index contributed by atoms with van der Waals surface area (Å²) in [4.78, 5) is 18.5. The minimum Gasteiger partial charge on any atom is -0.446 e. The second-order valence-corrected chi connectivity index (χ2v) is 5.79. The van der Waals surface area contributed by atoms with E-state index in [-0.39, 0.29) is 24.2 Å². The summed E-state index contributed by atoms with van der Waals surface area (Å²) in [6, 6.07) is -0.242. The van der Waals surface area contributed by atoms with E-state index in [1.54, 1.807) is 4.90 Å². The Morgan fingerprint density at radius 2 is 2.14 bits per heavy atom. The molecule has 3 atom stereocenters. The predicted octanol–water partition coefficient (Wildman–Crippen LogP) is 2.11. The number of ether oxygens (including phenoxy) is 1. The van der Waals surface area contributed by atoms with Gasteiger partial charge in [-0.1, -0.05) is 19.8 Å². The van der Waals surface area contributed by atoms with Crippen LogP contribution in [0.5, 0.6) is 0 Å². The Bertz CT molecular complexity index is 464. The van der Waals surface area contributed by atoms with Crippen molar-refractivity contribution in [2.75, 3.05) is 13.1 Å². The summed E-state index contributed by atoms with van der Waals surface area (Å²) in [5, 5.41) is 0. The minimum absolute atomic E-state index is 0.0379. The third kappa shape index (κ3) is 4.04. The van der Waals surface area contributed by atoms with Crippen molar-refractivity contribution in [2.24, 2.45) is 5.73 Å². The van der Waals surface area contributed by atoms with Gasteiger partial charge in [-0.15, -0.1) is 0 Å². The lowest BCUT2D eigenvalue weighted by molar-refractivity contribution is -0.0587. The normalized spacial score (nSPS) is 24.1. The highest BCUT2D eigenvalue weighted by molar-refractivity contribution is 5.92.